The van der Waals surface area contributed by atoms with E-state index in [1.165, 1.54) is 19.2 Å². The Hall–Kier alpha value is -3.08. The standard InChI is InChI=1S/C24H22ClF3N2O4S/c1-15-8-11-21(34-2)22(12-15)35(32,33)30-20(13-16-6-4-3-5-7-16)23(31)29-19-14-17(24(26,27)28)9-10-18(19)25/h3-12,14,20,30H,13H2,1-2H3,(H,29,31). The molecule has 0 saturated carbocycles. The monoisotopic (exact) mass is 526 g/mol. The van der Waals surface area contributed by atoms with E-state index < -0.39 is 33.7 Å². The lowest BCUT2D eigenvalue weighted by molar-refractivity contribution is -0.137. The lowest BCUT2D eigenvalue weighted by Crippen LogP contribution is -2.45. The van der Waals surface area contributed by atoms with Crippen molar-refractivity contribution in [3.63, 3.8) is 0 Å². The van der Waals surface area contributed by atoms with Crippen molar-refractivity contribution in [3.8, 4) is 5.75 Å². The van der Waals surface area contributed by atoms with Gasteiger partial charge in [0.2, 0.25) is 15.9 Å². The zero-order valence-electron chi connectivity index (χ0n) is 18.7. The van der Waals surface area contributed by atoms with E-state index in [9.17, 15) is 26.4 Å². The number of ether oxygens (including phenoxy) is 1. The molecule has 0 aliphatic rings. The van der Waals surface area contributed by atoms with Crippen LogP contribution in [0.5, 0.6) is 5.75 Å². The topological polar surface area (TPSA) is 84.5 Å². The number of halogens is 4. The Kier molecular flexibility index (Phi) is 8.09. The SMILES string of the molecule is COc1ccc(C)cc1S(=O)(=O)NC(Cc1ccccc1)C(=O)Nc1cc(C(F)(F)F)ccc1Cl. The summed E-state index contributed by atoms with van der Waals surface area (Å²) in [5.41, 5.74) is -0.0357. The van der Waals surface area contributed by atoms with Crippen LogP contribution in [-0.4, -0.2) is 27.5 Å². The van der Waals surface area contributed by atoms with Crippen molar-refractivity contribution in [2.75, 3.05) is 12.4 Å². The van der Waals surface area contributed by atoms with Crippen LogP contribution in [0.3, 0.4) is 0 Å². The number of benzene rings is 3. The molecule has 0 aliphatic heterocycles. The van der Waals surface area contributed by atoms with Crippen molar-refractivity contribution >= 4 is 33.2 Å². The van der Waals surface area contributed by atoms with E-state index in [0.717, 1.165) is 12.1 Å². The highest BCUT2D eigenvalue weighted by Crippen LogP contribution is 2.34. The molecule has 0 heterocycles. The zero-order chi connectivity index (χ0) is 25.8. The summed E-state index contributed by atoms with van der Waals surface area (Å²) in [6.07, 6.45) is -4.73. The van der Waals surface area contributed by atoms with Gasteiger partial charge in [-0.1, -0.05) is 48.0 Å². The van der Waals surface area contributed by atoms with E-state index in [2.05, 4.69) is 10.0 Å². The highest BCUT2D eigenvalue weighted by molar-refractivity contribution is 7.89. The number of methoxy groups -OCH3 is 1. The number of aryl methyl sites for hydroxylation is 1. The van der Waals surface area contributed by atoms with E-state index >= 15 is 0 Å². The average Bonchev–Trinajstić information content (AvgIpc) is 2.80. The lowest BCUT2D eigenvalue weighted by Gasteiger charge is -2.20. The van der Waals surface area contributed by atoms with Crippen molar-refractivity contribution in [1.29, 1.82) is 0 Å². The molecule has 1 amide bonds. The van der Waals surface area contributed by atoms with Gasteiger partial charge in [-0.15, -0.1) is 0 Å². The van der Waals surface area contributed by atoms with Crippen LogP contribution < -0.4 is 14.8 Å². The van der Waals surface area contributed by atoms with Crippen molar-refractivity contribution in [2.45, 2.75) is 30.5 Å². The van der Waals surface area contributed by atoms with Gasteiger partial charge in [0, 0.05) is 0 Å². The van der Waals surface area contributed by atoms with Crippen molar-refractivity contribution in [3.05, 3.63) is 88.4 Å². The maximum atomic E-state index is 13.2. The minimum Gasteiger partial charge on any atom is -0.495 e. The van der Waals surface area contributed by atoms with Gasteiger partial charge in [-0.2, -0.15) is 17.9 Å². The van der Waals surface area contributed by atoms with Crippen LogP contribution in [0.25, 0.3) is 0 Å². The van der Waals surface area contributed by atoms with Gasteiger partial charge in [0.05, 0.1) is 23.4 Å². The first-order chi connectivity index (χ1) is 16.4. The molecule has 186 valence electrons. The zero-order valence-corrected chi connectivity index (χ0v) is 20.3. The van der Waals surface area contributed by atoms with Gasteiger partial charge in [-0.25, -0.2) is 8.42 Å². The number of rotatable bonds is 8. The van der Waals surface area contributed by atoms with Crippen LogP contribution >= 0.6 is 11.6 Å². The molecular formula is C24H22ClF3N2O4S. The van der Waals surface area contributed by atoms with E-state index in [-0.39, 0.29) is 27.8 Å². The Morgan fingerprint density at radius 2 is 1.74 bits per heavy atom. The molecule has 1 atom stereocenters. The van der Waals surface area contributed by atoms with Crippen molar-refractivity contribution in [2.24, 2.45) is 0 Å². The minimum atomic E-state index is -4.66. The van der Waals surface area contributed by atoms with Crippen LogP contribution in [0.2, 0.25) is 5.02 Å². The summed E-state index contributed by atoms with van der Waals surface area (Å²) >= 11 is 6.00. The third-order valence-electron chi connectivity index (χ3n) is 5.06. The number of anilines is 1. The molecule has 35 heavy (non-hydrogen) atoms. The third-order valence-corrected chi connectivity index (χ3v) is 6.88. The number of carbonyl (C=O) groups excluding carboxylic acids is 1. The largest absolute Gasteiger partial charge is 0.495 e. The van der Waals surface area contributed by atoms with Gasteiger partial charge in [0.15, 0.2) is 0 Å². The van der Waals surface area contributed by atoms with E-state index in [4.69, 9.17) is 16.3 Å². The van der Waals surface area contributed by atoms with Gasteiger partial charge < -0.3 is 10.1 Å². The highest BCUT2D eigenvalue weighted by Gasteiger charge is 2.32. The molecular weight excluding hydrogens is 505 g/mol. The maximum absolute atomic E-state index is 13.2. The predicted molar refractivity (Wildman–Crippen MR) is 127 cm³/mol. The molecule has 0 spiro atoms. The molecule has 0 aromatic heterocycles. The molecule has 0 fully saturated rings. The van der Waals surface area contributed by atoms with Gasteiger partial charge >= 0.3 is 6.18 Å². The summed E-state index contributed by atoms with van der Waals surface area (Å²) in [5.74, 6) is -0.812. The number of sulfonamides is 1. The number of amides is 1. The molecule has 3 rings (SSSR count). The van der Waals surface area contributed by atoms with E-state index in [1.54, 1.807) is 43.3 Å². The van der Waals surface area contributed by atoms with Crippen molar-refractivity contribution < 1.29 is 31.1 Å². The number of nitrogens with one attached hydrogen (secondary N) is 2. The lowest BCUT2D eigenvalue weighted by atomic mass is 10.1. The van der Waals surface area contributed by atoms with E-state index in [1.807, 2.05) is 0 Å². The first-order valence-electron chi connectivity index (χ1n) is 10.3. The van der Waals surface area contributed by atoms with Crippen molar-refractivity contribution in [1.82, 2.24) is 4.72 Å². The molecule has 6 nitrogen and oxygen atoms in total. The summed E-state index contributed by atoms with van der Waals surface area (Å²) in [4.78, 5) is 13.0. The molecule has 3 aromatic rings. The normalized spacial score (nSPS) is 12.7. The number of hydrogen-bond acceptors (Lipinski definition) is 4. The Labute approximate surface area is 206 Å². The van der Waals surface area contributed by atoms with Gasteiger partial charge in [0.25, 0.3) is 0 Å². The summed E-state index contributed by atoms with van der Waals surface area (Å²) in [6, 6.07) is 14.2. The Morgan fingerprint density at radius 3 is 2.37 bits per heavy atom. The fraction of sp³-hybridized carbons (Fsp3) is 0.208. The van der Waals surface area contributed by atoms with E-state index in [0.29, 0.717) is 17.2 Å². The summed E-state index contributed by atoms with van der Waals surface area (Å²) < 4.78 is 73.4. The van der Waals surface area contributed by atoms with Gasteiger partial charge in [-0.05, 0) is 54.8 Å². The fourth-order valence-corrected chi connectivity index (χ4v) is 4.91. The smallest absolute Gasteiger partial charge is 0.416 e. The summed E-state index contributed by atoms with van der Waals surface area (Å²) in [7, 11) is -2.96. The highest BCUT2D eigenvalue weighted by atomic mass is 35.5. The molecule has 3 aromatic carbocycles. The minimum absolute atomic E-state index is 0.0721. The first-order valence-corrected chi connectivity index (χ1v) is 12.2. The Morgan fingerprint density at radius 1 is 1.06 bits per heavy atom. The van der Waals surface area contributed by atoms with Gasteiger partial charge in [-0.3, -0.25) is 4.79 Å². The number of alkyl halides is 3. The van der Waals surface area contributed by atoms with Crippen LogP contribution in [0.1, 0.15) is 16.7 Å². The molecule has 0 saturated heterocycles. The fourth-order valence-electron chi connectivity index (χ4n) is 3.30. The van der Waals surface area contributed by atoms with Gasteiger partial charge in [0.1, 0.15) is 16.7 Å². The first kappa shape index (κ1) is 26.5. The molecule has 1 unspecified atom stereocenters. The summed E-state index contributed by atoms with van der Waals surface area (Å²) in [6.45, 7) is 1.70. The molecule has 2 N–H and O–H groups in total. The predicted octanol–water partition coefficient (Wildman–Crippen LogP) is 5.20. The second-order valence-corrected chi connectivity index (χ2v) is 9.79. The Bertz CT molecular complexity index is 1320. The second-order valence-electron chi connectivity index (χ2n) is 7.70. The van der Waals surface area contributed by atoms with Crippen LogP contribution in [0, 0.1) is 6.92 Å². The molecule has 0 bridgehead atoms. The third kappa shape index (κ3) is 6.74. The summed E-state index contributed by atoms with van der Waals surface area (Å²) in [5, 5.41) is 2.20. The number of carbonyl (C=O) groups is 1. The molecule has 0 radical (unpaired) electrons. The average molecular weight is 527 g/mol. The van der Waals surface area contributed by atoms with Crippen LogP contribution in [-0.2, 0) is 27.4 Å². The quantitative estimate of drug-likeness (QED) is 0.422. The second kappa shape index (κ2) is 10.7. The van der Waals surface area contributed by atoms with Crippen LogP contribution in [0.15, 0.2) is 71.6 Å². The maximum Gasteiger partial charge on any atom is 0.416 e. The number of hydrogen-bond donors (Lipinski definition) is 2. The van der Waals surface area contributed by atoms with Crippen LogP contribution in [0.4, 0.5) is 18.9 Å². The Balaban J connectivity index is 1.96. The molecule has 11 heteroatoms. The molecule has 0 aliphatic carbocycles.